The predicted octanol–water partition coefficient (Wildman–Crippen LogP) is 5.15. The zero-order chi connectivity index (χ0) is 18.6. The Morgan fingerprint density at radius 3 is 2.64 bits per heavy atom. The van der Waals surface area contributed by atoms with E-state index in [1.165, 1.54) is 12.1 Å². The van der Waals surface area contributed by atoms with Gasteiger partial charge >= 0.3 is 11.9 Å². The highest BCUT2D eigenvalue weighted by atomic mass is 35.5. The summed E-state index contributed by atoms with van der Waals surface area (Å²) in [6.45, 7) is 6.02. The van der Waals surface area contributed by atoms with Crippen molar-refractivity contribution in [3.8, 4) is 0 Å². The van der Waals surface area contributed by atoms with Gasteiger partial charge < -0.3 is 9.47 Å². The van der Waals surface area contributed by atoms with Gasteiger partial charge in [-0.3, -0.25) is 0 Å². The van der Waals surface area contributed by atoms with E-state index in [-0.39, 0.29) is 16.7 Å². The molecular weight excluding hydrogens is 363 g/mol. The summed E-state index contributed by atoms with van der Waals surface area (Å²) in [5.41, 5.74) is 0.133. The minimum atomic E-state index is -0.693. The maximum absolute atomic E-state index is 12.1. The van der Waals surface area contributed by atoms with Crippen LogP contribution in [-0.4, -0.2) is 24.6 Å². The van der Waals surface area contributed by atoms with Crippen LogP contribution in [0.4, 0.5) is 0 Å². The number of hydrogen-bond donors (Lipinski definition) is 0. The average molecular weight is 387 g/mol. The predicted molar refractivity (Wildman–Crippen MR) is 98.0 cm³/mol. The average Bonchev–Trinajstić information content (AvgIpc) is 2.54. The molecule has 1 aliphatic rings. The van der Waals surface area contributed by atoms with E-state index in [1.54, 1.807) is 6.07 Å². The Morgan fingerprint density at radius 2 is 1.96 bits per heavy atom. The van der Waals surface area contributed by atoms with Crippen LogP contribution in [0.15, 0.2) is 18.2 Å². The lowest BCUT2D eigenvalue weighted by Crippen LogP contribution is -2.36. The smallest absolute Gasteiger partial charge is 0.344 e. The van der Waals surface area contributed by atoms with E-state index in [0.29, 0.717) is 22.8 Å². The Morgan fingerprint density at radius 1 is 1.24 bits per heavy atom. The van der Waals surface area contributed by atoms with Crippen molar-refractivity contribution in [3.05, 3.63) is 33.8 Å². The molecule has 25 heavy (non-hydrogen) atoms. The van der Waals surface area contributed by atoms with Gasteiger partial charge in [-0.25, -0.2) is 9.59 Å². The number of rotatable bonds is 5. The van der Waals surface area contributed by atoms with Crippen molar-refractivity contribution in [1.82, 2.24) is 0 Å². The second-order valence-corrected chi connectivity index (χ2v) is 7.90. The molecule has 1 saturated carbocycles. The second kappa shape index (κ2) is 8.91. The second-order valence-electron chi connectivity index (χ2n) is 7.05. The molecule has 1 fully saturated rings. The fourth-order valence-corrected chi connectivity index (χ4v) is 3.68. The summed E-state index contributed by atoms with van der Waals surface area (Å²) in [5, 5.41) is 0.596. The lowest BCUT2D eigenvalue weighted by molar-refractivity contribution is -0.159. The summed E-state index contributed by atoms with van der Waals surface area (Å²) in [6, 6.07) is 4.50. The number of carbonyl (C=O) groups excluding carboxylic acids is 2. The monoisotopic (exact) mass is 386 g/mol. The Balaban J connectivity index is 1.91. The van der Waals surface area contributed by atoms with Crippen LogP contribution in [0.5, 0.6) is 0 Å². The summed E-state index contributed by atoms with van der Waals surface area (Å²) in [7, 11) is 0. The minimum Gasteiger partial charge on any atom is -0.460 e. The van der Waals surface area contributed by atoms with E-state index in [0.717, 1.165) is 19.3 Å². The van der Waals surface area contributed by atoms with Crippen molar-refractivity contribution >= 4 is 35.1 Å². The first-order chi connectivity index (χ1) is 11.8. The fraction of sp³-hybridized carbons (Fsp3) is 0.579. The van der Waals surface area contributed by atoms with Crippen LogP contribution in [0.1, 0.15) is 50.4 Å². The van der Waals surface area contributed by atoms with Crippen LogP contribution in [0.25, 0.3) is 0 Å². The van der Waals surface area contributed by atoms with Crippen LogP contribution < -0.4 is 0 Å². The minimum absolute atomic E-state index is 0.121. The molecule has 1 aromatic carbocycles. The van der Waals surface area contributed by atoms with Crippen LogP contribution >= 0.6 is 23.2 Å². The Hall–Kier alpha value is -1.26. The number of esters is 2. The SMILES string of the molecule is CC(C)[C@H]1CC[C@H](C)C[C@@H]1OC(=O)COC(=O)c1cc(Cl)ccc1Cl. The van der Waals surface area contributed by atoms with Gasteiger partial charge in [0.1, 0.15) is 6.10 Å². The van der Waals surface area contributed by atoms with Crippen molar-refractivity contribution < 1.29 is 19.1 Å². The number of ether oxygens (including phenoxy) is 2. The molecule has 2 rings (SSSR count). The molecule has 0 aliphatic heterocycles. The third-order valence-corrected chi connectivity index (χ3v) is 5.28. The number of carbonyl (C=O) groups is 2. The van der Waals surface area contributed by atoms with Crippen LogP contribution in [0.2, 0.25) is 10.0 Å². The van der Waals surface area contributed by atoms with Crippen molar-refractivity contribution in [2.24, 2.45) is 17.8 Å². The normalized spacial score (nSPS) is 23.4. The van der Waals surface area contributed by atoms with Gasteiger partial charge in [-0.15, -0.1) is 0 Å². The van der Waals surface area contributed by atoms with Gasteiger partial charge in [-0.2, -0.15) is 0 Å². The van der Waals surface area contributed by atoms with E-state index in [4.69, 9.17) is 32.7 Å². The van der Waals surface area contributed by atoms with Gasteiger partial charge in [0.15, 0.2) is 6.61 Å². The molecule has 138 valence electrons. The molecule has 0 aromatic heterocycles. The van der Waals surface area contributed by atoms with E-state index in [9.17, 15) is 9.59 Å². The zero-order valence-corrected chi connectivity index (χ0v) is 16.3. The maximum Gasteiger partial charge on any atom is 0.344 e. The summed E-state index contributed by atoms with van der Waals surface area (Å²) in [4.78, 5) is 24.2. The lowest BCUT2D eigenvalue weighted by atomic mass is 9.75. The fourth-order valence-electron chi connectivity index (χ4n) is 3.31. The molecule has 0 N–H and O–H groups in total. The van der Waals surface area contributed by atoms with E-state index in [1.807, 2.05) is 0 Å². The third kappa shape index (κ3) is 5.61. The molecule has 0 radical (unpaired) electrons. The highest BCUT2D eigenvalue weighted by molar-refractivity contribution is 6.35. The van der Waals surface area contributed by atoms with Gasteiger partial charge in [0.2, 0.25) is 0 Å². The molecule has 0 saturated heterocycles. The molecule has 0 bridgehead atoms. The molecule has 0 unspecified atom stereocenters. The van der Waals surface area contributed by atoms with E-state index < -0.39 is 18.5 Å². The first-order valence-electron chi connectivity index (χ1n) is 8.59. The molecule has 0 heterocycles. The molecule has 6 heteroatoms. The topological polar surface area (TPSA) is 52.6 Å². The van der Waals surface area contributed by atoms with Crippen molar-refractivity contribution in [2.45, 2.75) is 46.1 Å². The van der Waals surface area contributed by atoms with Crippen LogP contribution in [0.3, 0.4) is 0 Å². The highest BCUT2D eigenvalue weighted by Crippen LogP contribution is 2.35. The van der Waals surface area contributed by atoms with Gasteiger partial charge in [-0.05, 0) is 48.8 Å². The molecule has 0 amide bonds. The first kappa shape index (κ1) is 20.1. The zero-order valence-electron chi connectivity index (χ0n) is 14.8. The van der Waals surface area contributed by atoms with Crippen molar-refractivity contribution in [1.29, 1.82) is 0 Å². The molecule has 1 aliphatic carbocycles. The van der Waals surface area contributed by atoms with Crippen molar-refractivity contribution in [3.63, 3.8) is 0 Å². The summed E-state index contributed by atoms with van der Waals surface area (Å²) < 4.78 is 10.6. The van der Waals surface area contributed by atoms with Crippen LogP contribution in [-0.2, 0) is 14.3 Å². The molecule has 3 atom stereocenters. The molecular formula is C19H24Cl2O4. The summed E-state index contributed by atoms with van der Waals surface area (Å²) in [6.07, 6.45) is 2.93. The molecule has 1 aromatic rings. The maximum atomic E-state index is 12.1. The Labute approximate surface area is 158 Å². The van der Waals surface area contributed by atoms with Crippen LogP contribution in [0, 0.1) is 17.8 Å². The van der Waals surface area contributed by atoms with Gasteiger partial charge in [-0.1, -0.05) is 50.4 Å². The number of hydrogen-bond acceptors (Lipinski definition) is 4. The Bertz CT molecular complexity index is 630. The summed E-state index contributed by atoms with van der Waals surface area (Å²) >= 11 is 11.8. The van der Waals surface area contributed by atoms with Gasteiger partial charge in [0.05, 0.1) is 10.6 Å². The van der Waals surface area contributed by atoms with E-state index in [2.05, 4.69) is 20.8 Å². The summed E-state index contributed by atoms with van der Waals surface area (Å²) in [5.74, 6) is 0.0927. The van der Waals surface area contributed by atoms with Gasteiger partial charge in [0.25, 0.3) is 0 Å². The molecule has 4 nitrogen and oxygen atoms in total. The van der Waals surface area contributed by atoms with Crippen molar-refractivity contribution in [2.75, 3.05) is 6.61 Å². The standard InChI is InChI=1S/C19H24Cl2O4/c1-11(2)14-6-4-12(3)8-17(14)25-18(22)10-24-19(23)15-9-13(20)5-7-16(15)21/h5,7,9,11-12,14,17H,4,6,8,10H2,1-3H3/t12-,14+,17-/m0/s1. The number of benzene rings is 1. The Kier molecular flexibility index (Phi) is 7.14. The highest BCUT2D eigenvalue weighted by Gasteiger charge is 2.33. The number of halogens is 2. The van der Waals surface area contributed by atoms with E-state index >= 15 is 0 Å². The quantitative estimate of drug-likeness (QED) is 0.656. The van der Waals surface area contributed by atoms with Gasteiger partial charge in [0, 0.05) is 5.02 Å². The largest absolute Gasteiger partial charge is 0.460 e. The third-order valence-electron chi connectivity index (χ3n) is 4.71. The molecule has 0 spiro atoms. The first-order valence-corrected chi connectivity index (χ1v) is 9.35. The lowest BCUT2D eigenvalue weighted by Gasteiger charge is -2.36.